The maximum atomic E-state index is 11.9. The Morgan fingerprint density at radius 2 is 2.14 bits per heavy atom. The molecule has 0 aliphatic rings. The number of unbranched alkanes of at least 4 members (excludes halogenated alkanes) is 1. The predicted molar refractivity (Wildman–Crippen MR) is 80.2 cm³/mol. The first kappa shape index (κ1) is 16.9. The summed E-state index contributed by atoms with van der Waals surface area (Å²) in [5, 5.41) is 13.4. The van der Waals surface area contributed by atoms with Crippen molar-refractivity contribution in [3.63, 3.8) is 0 Å². The third-order valence-corrected chi connectivity index (χ3v) is 2.79. The highest BCUT2D eigenvalue weighted by Gasteiger charge is 2.14. The van der Waals surface area contributed by atoms with Crippen LogP contribution in [0.25, 0.3) is 0 Å². The van der Waals surface area contributed by atoms with Crippen LogP contribution in [0.1, 0.15) is 37.0 Å². The molecule has 1 amide bonds. The Kier molecular flexibility index (Phi) is 6.61. The van der Waals surface area contributed by atoms with Crippen molar-refractivity contribution in [2.45, 2.75) is 32.8 Å². The number of carbonyl (C=O) groups is 1. The van der Waals surface area contributed by atoms with Crippen LogP contribution in [-0.4, -0.2) is 30.1 Å². The van der Waals surface area contributed by atoms with Gasteiger partial charge in [-0.15, -0.1) is 0 Å². The quantitative estimate of drug-likeness (QED) is 0.330. The zero-order valence-electron chi connectivity index (χ0n) is 12.3. The van der Waals surface area contributed by atoms with Crippen molar-refractivity contribution in [3.8, 4) is 0 Å². The van der Waals surface area contributed by atoms with Crippen LogP contribution in [-0.2, 0) is 4.74 Å². The SMILES string of the molecule is CC(C)OCCCCNC(=O)c1ccc([N+](=O)[O-])c(N)c1. The molecule has 3 N–H and O–H groups in total. The van der Waals surface area contributed by atoms with Crippen LogP contribution in [0.2, 0.25) is 0 Å². The molecule has 7 nitrogen and oxygen atoms in total. The van der Waals surface area contributed by atoms with Gasteiger partial charge in [-0.05, 0) is 38.8 Å². The molecule has 0 spiro atoms. The molecule has 0 atom stereocenters. The molecule has 0 saturated carbocycles. The monoisotopic (exact) mass is 295 g/mol. The third kappa shape index (κ3) is 5.78. The first-order valence-corrected chi connectivity index (χ1v) is 6.85. The van der Waals surface area contributed by atoms with Gasteiger partial charge < -0.3 is 15.8 Å². The maximum Gasteiger partial charge on any atom is 0.292 e. The fourth-order valence-electron chi connectivity index (χ4n) is 1.71. The van der Waals surface area contributed by atoms with Crippen molar-refractivity contribution in [2.75, 3.05) is 18.9 Å². The van der Waals surface area contributed by atoms with Crippen molar-refractivity contribution >= 4 is 17.3 Å². The Hall–Kier alpha value is -2.15. The Bertz CT molecular complexity index is 503. The summed E-state index contributed by atoms with van der Waals surface area (Å²) in [6.07, 6.45) is 1.88. The molecule has 116 valence electrons. The van der Waals surface area contributed by atoms with Gasteiger partial charge in [-0.3, -0.25) is 14.9 Å². The van der Waals surface area contributed by atoms with Crippen LogP contribution in [0.5, 0.6) is 0 Å². The lowest BCUT2D eigenvalue weighted by molar-refractivity contribution is -0.383. The predicted octanol–water partition coefficient (Wildman–Crippen LogP) is 2.11. The lowest BCUT2D eigenvalue weighted by atomic mass is 10.1. The van der Waals surface area contributed by atoms with E-state index in [-0.39, 0.29) is 23.4 Å². The van der Waals surface area contributed by atoms with E-state index in [0.717, 1.165) is 12.8 Å². The van der Waals surface area contributed by atoms with E-state index in [2.05, 4.69) is 5.32 Å². The van der Waals surface area contributed by atoms with E-state index in [1.807, 2.05) is 13.8 Å². The molecule has 0 fully saturated rings. The average Bonchev–Trinajstić information content (AvgIpc) is 2.41. The molecular weight excluding hydrogens is 274 g/mol. The van der Waals surface area contributed by atoms with Gasteiger partial charge in [0.1, 0.15) is 5.69 Å². The highest BCUT2D eigenvalue weighted by Crippen LogP contribution is 2.21. The summed E-state index contributed by atoms with van der Waals surface area (Å²) in [4.78, 5) is 21.9. The second kappa shape index (κ2) is 8.21. The number of rotatable bonds is 8. The minimum atomic E-state index is -0.578. The van der Waals surface area contributed by atoms with Crippen molar-refractivity contribution in [1.29, 1.82) is 0 Å². The van der Waals surface area contributed by atoms with Gasteiger partial charge in [-0.1, -0.05) is 0 Å². The van der Waals surface area contributed by atoms with Crippen LogP contribution >= 0.6 is 0 Å². The number of carbonyl (C=O) groups excluding carboxylic acids is 1. The van der Waals surface area contributed by atoms with Crippen LogP contribution in [0, 0.1) is 10.1 Å². The molecule has 0 bridgehead atoms. The number of hydrogen-bond acceptors (Lipinski definition) is 5. The number of ether oxygens (including phenoxy) is 1. The maximum absolute atomic E-state index is 11.9. The molecule has 21 heavy (non-hydrogen) atoms. The number of nitrogen functional groups attached to an aromatic ring is 1. The highest BCUT2D eigenvalue weighted by atomic mass is 16.6. The number of nitrogens with two attached hydrogens (primary N) is 1. The second-order valence-electron chi connectivity index (χ2n) is 4.91. The Labute approximate surface area is 123 Å². The molecular formula is C14H21N3O4. The van der Waals surface area contributed by atoms with Crippen molar-refractivity contribution < 1.29 is 14.5 Å². The van der Waals surface area contributed by atoms with E-state index in [1.165, 1.54) is 18.2 Å². The number of anilines is 1. The Balaban J connectivity index is 2.39. The van der Waals surface area contributed by atoms with Gasteiger partial charge in [-0.25, -0.2) is 0 Å². The lowest BCUT2D eigenvalue weighted by Crippen LogP contribution is -2.24. The number of nitro benzene ring substituents is 1. The summed E-state index contributed by atoms with van der Waals surface area (Å²) >= 11 is 0. The molecule has 1 aromatic carbocycles. The van der Waals surface area contributed by atoms with E-state index < -0.39 is 4.92 Å². The number of nitrogens with zero attached hydrogens (tertiary/aromatic N) is 1. The largest absolute Gasteiger partial charge is 0.393 e. The molecule has 0 heterocycles. The molecule has 0 saturated heterocycles. The highest BCUT2D eigenvalue weighted by molar-refractivity contribution is 5.95. The fourth-order valence-corrected chi connectivity index (χ4v) is 1.71. The number of amides is 1. The summed E-state index contributed by atoms with van der Waals surface area (Å²) < 4.78 is 5.39. The number of nitro groups is 1. The van der Waals surface area contributed by atoms with Crippen LogP contribution in [0.4, 0.5) is 11.4 Å². The van der Waals surface area contributed by atoms with Crippen molar-refractivity contribution in [3.05, 3.63) is 33.9 Å². The van der Waals surface area contributed by atoms with Gasteiger partial charge in [-0.2, -0.15) is 0 Å². The van der Waals surface area contributed by atoms with Gasteiger partial charge in [0.05, 0.1) is 11.0 Å². The van der Waals surface area contributed by atoms with Crippen LogP contribution < -0.4 is 11.1 Å². The molecule has 0 aliphatic carbocycles. The first-order valence-electron chi connectivity index (χ1n) is 6.85. The Morgan fingerprint density at radius 3 is 2.71 bits per heavy atom. The summed E-state index contributed by atoms with van der Waals surface area (Å²) in [5.41, 5.74) is 5.65. The minimum absolute atomic E-state index is 0.0158. The number of hydrogen-bond donors (Lipinski definition) is 2. The Morgan fingerprint density at radius 1 is 1.43 bits per heavy atom. The molecule has 0 unspecified atom stereocenters. The minimum Gasteiger partial charge on any atom is -0.393 e. The van der Waals surface area contributed by atoms with E-state index in [9.17, 15) is 14.9 Å². The normalized spacial score (nSPS) is 10.6. The fraction of sp³-hybridized carbons (Fsp3) is 0.500. The summed E-state index contributed by atoms with van der Waals surface area (Å²) in [7, 11) is 0. The molecule has 1 rings (SSSR count). The van der Waals surface area contributed by atoms with Gasteiger partial charge in [0, 0.05) is 24.8 Å². The second-order valence-corrected chi connectivity index (χ2v) is 4.91. The first-order chi connectivity index (χ1) is 9.91. The topological polar surface area (TPSA) is 107 Å². The lowest BCUT2D eigenvalue weighted by Gasteiger charge is -2.08. The molecule has 0 radical (unpaired) electrons. The number of benzene rings is 1. The zero-order valence-corrected chi connectivity index (χ0v) is 12.3. The molecule has 7 heteroatoms. The van der Waals surface area contributed by atoms with Crippen LogP contribution in [0.3, 0.4) is 0 Å². The van der Waals surface area contributed by atoms with E-state index in [1.54, 1.807) is 0 Å². The van der Waals surface area contributed by atoms with E-state index in [4.69, 9.17) is 10.5 Å². The standard InChI is InChI=1S/C14H21N3O4/c1-10(2)21-8-4-3-7-16-14(18)11-5-6-13(17(19)20)12(15)9-11/h5-6,9-10H,3-4,7-8,15H2,1-2H3,(H,16,18). The number of nitrogens with one attached hydrogen (secondary N) is 1. The zero-order chi connectivity index (χ0) is 15.8. The van der Waals surface area contributed by atoms with E-state index in [0.29, 0.717) is 18.7 Å². The molecule has 1 aromatic rings. The van der Waals surface area contributed by atoms with Crippen LogP contribution in [0.15, 0.2) is 18.2 Å². The van der Waals surface area contributed by atoms with Gasteiger partial charge in [0.2, 0.25) is 0 Å². The summed E-state index contributed by atoms with van der Waals surface area (Å²) in [5.74, 6) is -0.290. The molecule has 0 aliphatic heterocycles. The smallest absolute Gasteiger partial charge is 0.292 e. The van der Waals surface area contributed by atoms with Gasteiger partial charge in [0.25, 0.3) is 11.6 Å². The van der Waals surface area contributed by atoms with Gasteiger partial charge >= 0.3 is 0 Å². The third-order valence-electron chi connectivity index (χ3n) is 2.79. The van der Waals surface area contributed by atoms with Gasteiger partial charge in [0.15, 0.2) is 0 Å². The summed E-state index contributed by atoms with van der Waals surface area (Å²) in [6.45, 7) is 5.14. The molecule has 0 aromatic heterocycles. The van der Waals surface area contributed by atoms with Crippen molar-refractivity contribution in [2.24, 2.45) is 0 Å². The average molecular weight is 295 g/mol. The van der Waals surface area contributed by atoms with Crippen molar-refractivity contribution in [1.82, 2.24) is 5.32 Å². The van der Waals surface area contributed by atoms with E-state index >= 15 is 0 Å². The summed E-state index contributed by atoms with van der Waals surface area (Å²) in [6, 6.07) is 3.95.